The lowest BCUT2D eigenvalue weighted by atomic mass is 9.69. The van der Waals surface area contributed by atoms with Gasteiger partial charge in [0, 0.05) is 11.1 Å². The van der Waals surface area contributed by atoms with E-state index in [-0.39, 0.29) is 11.2 Å². The summed E-state index contributed by atoms with van der Waals surface area (Å²) in [6.45, 7) is 10.3. The number of aliphatic imine (C=N–C) groups is 1. The lowest BCUT2D eigenvalue weighted by Gasteiger charge is -2.35. The van der Waals surface area contributed by atoms with E-state index in [4.69, 9.17) is 4.74 Å². The molecule has 0 radical (unpaired) electrons. The van der Waals surface area contributed by atoms with Gasteiger partial charge in [0.25, 0.3) is 0 Å². The van der Waals surface area contributed by atoms with Crippen LogP contribution in [0.5, 0.6) is 0 Å². The first-order chi connectivity index (χ1) is 13.8. The third-order valence-electron chi connectivity index (χ3n) is 6.15. The summed E-state index contributed by atoms with van der Waals surface area (Å²) < 4.78 is 5.52. The third-order valence-corrected chi connectivity index (χ3v) is 6.15. The number of hydrogen-bond acceptors (Lipinski definition) is 3. The zero-order valence-electron chi connectivity index (χ0n) is 18.0. The van der Waals surface area contributed by atoms with E-state index in [0.717, 1.165) is 11.1 Å². The van der Waals surface area contributed by atoms with Crippen molar-refractivity contribution < 1.29 is 9.53 Å². The van der Waals surface area contributed by atoms with Crippen LogP contribution in [0, 0.1) is 6.92 Å². The highest BCUT2D eigenvalue weighted by Gasteiger charge is 2.30. The standard InChI is InChI=1S/C26H31NO2/c1-18-9-10-23(17-24(18)26(4)15-7-6-8-16-26)19(2)27-25(29-5)22-13-11-21(12-14-22)20(3)28/h9-14,17H,2,6-8,15-16H2,1,3-5H3/b27-25-. The van der Waals surface area contributed by atoms with E-state index in [1.165, 1.54) is 43.2 Å². The number of carbonyl (C=O) groups excluding carboxylic acids is 1. The fourth-order valence-electron chi connectivity index (χ4n) is 4.32. The SMILES string of the molecule is C=C(/N=C(\OC)c1ccc(C(C)=O)cc1)c1ccc(C)c(C2(C)CCCCC2)c1. The Morgan fingerprint density at radius 1 is 1.00 bits per heavy atom. The van der Waals surface area contributed by atoms with Crippen molar-refractivity contribution in [1.29, 1.82) is 0 Å². The Kier molecular flexibility index (Phi) is 6.36. The molecule has 0 spiro atoms. The molecule has 3 nitrogen and oxygen atoms in total. The Morgan fingerprint density at radius 2 is 1.59 bits per heavy atom. The molecule has 1 fully saturated rings. The molecule has 0 atom stereocenters. The van der Waals surface area contributed by atoms with Crippen LogP contribution >= 0.6 is 0 Å². The van der Waals surface area contributed by atoms with Crippen molar-refractivity contribution in [2.45, 2.75) is 58.3 Å². The van der Waals surface area contributed by atoms with Crippen LogP contribution in [0.4, 0.5) is 0 Å². The predicted molar refractivity (Wildman–Crippen MR) is 121 cm³/mol. The molecule has 1 aliphatic rings. The van der Waals surface area contributed by atoms with Gasteiger partial charge in [-0.15, -0.1) is 0 Å². The number of ketones is 1. The van der Waals surface area contributed by atoms with Gasteiger partial charge in [0.2, 0.25) is 5.90 Å². The Hall–Kier alpha value is -2.68. The van der Waals surface area contributed by atoms with E-state index in [1.807, 2.05) is 12.1 Å². The Labute approximate surface area is 174 Å². The van der Waals surface area contributed by atoms with Gasteiger partial charge in [-0.1, -0.05) is 57.0 Å². The van der Waals surface area contributed by atoms with Crippen LogP contribution in [0.3, 0.4) is 0 Å². The summed E-state index contributed by atoms with van der Waals surface area (Å²) in [5.74, 6) is 0.538. The fraction of sp³-hybridized carbons (Fsp3) is 0.385. The van der Waals surface area contributed by atoms with Crippen LogP contribution in [-0.2, 0) is 10.2 Å². The molecule has 3 rings (SSSR count). The number of aryl methyl sites for hydroxylation is 1. The number of carbonyl (C=O) groups is 1. The Bertz CT molecular complexity index is 932. The van der Waals surface area contributed by atoms with E-state index in [2.05, 4.69) is 43.6 Å². The van der Waals surface area contributed by atoms with E-state index in [0.29, 0.717) is 17.2 Å². The topological polar surface area (TPSA) is 38.7 Å². The van der Waals surface area contributed by atoms with Crippen LogP contribution < -0.4 is 0 Å². The van der Waals surface area contributed by atoms with Gasteiger partial charge in [-0.2, -0.15) is 0 Å². The van der Waals surface area contributed by atoms with Crippen molar-refractivity contribution in [3.63, 3.8) is 0 Å². The minimum Gasteiger partial charge on any atom is -0.481 e. The average molecular weight is 390 g/mol. The molecule has 2 aromatic carbocycles. The highest BCUT2D eigenvalue weighted by molar-refractivity contribution is 5.99. The van der Waals surface area contributed by atoms with Crippen LogP contribution in [0.1, 0.15) is 78.6 Å². The monoisotopic (exact) mass is 389 g/mol. The Morgan fingerprint density at radius 3 is 2.17 bits per heavy atom. The van der Waals surface area contributed by atoms with Gasteiger partial charge in [-0.05, 0) is 67.0 Å². The second-order valence-corrected chi connectivity index (χ2v) is 8.35. The highest BCUT2D eigenvalue weighted by atomic mass is 16.5. The summed E-state index contributed by atoms with van der Waals surface area (Å²) in [6.07, 6.45) is 6.40. The first-order valence-electron chi connectivity index (χ1n) is 10.4. The van der Waals surface area contributed by atoms with Crippen LogP contribution in [-0.4, -0.2) is 18.8 Å². The third kappa shape index (κ3) is 4.67. The molecule has 0 heterocycles. The maximum absolute atomic E-state index is 11.5. The molecule has 0 saturated heterocycles. The summed E-state index contributed by atoms with van der Waals surface area (Å²) in [5.41, 5.74) is 6.18. The molecule has 0 amide bonds. The predicted octanol–water partition coefficient (Wildman–Crippen LogP) is 6.48. The molecule has 152 valence electrons. The zero-order valence-corrected chi connectivity index (χ0v) is 18.0. The number of ether oxygens (including phenoxy) is 1. The highest BCUT2D eigenvalue weighted by Crippen LogP contribution is 2.41. The molecule has 3 heteroatoms. The molecular weight excluding hydrogens is 358 g/mol. The molecule has 2 aromatic rings. The summed E-state index contributed by atoms with van der Waals surface area (Å²) in [5, 5.41) is 0. The number of nitrogens with zero attached hydrogens (tertiary/aromatic N) is 1. The maximum Gasteiger partial charge on any atom is 0.220 e. The van der Waals surface area contributed by atoms with Gasteiger partial charge in [-0.3, -0.25) is 4.79 Å². The molecule has 0 unspecified atom stereocenters. The molecule has 29 heavy (non-hydrogen) atoms. The second-order valence-electron chi connectivity index (χ2n) is 8.35. The maximum atomic E-state index is 11.5. The van der Waals surface area contributed by atoms with Gasteiger partial charge >= 0.3 is 0 Å². The molecule has 0 aliphatic heterocycles. The van der Waals surface area contributed by atoms with Crippen LogP contribution in [0.2, 0.25) is 0 Å². The van der Waals surface area contributed by atoms with E-state index >= 15 is 0 Å². The Balaban J connectivity index is 1.90. The van der Waals surface area contributed by atoms with Crippen molar-refractivity contribution in [2.24, 2.45) is 4.99 Å². The van der Waals surface area contributed by atoms with Crippen molar-refractivity contribution >= 4 is 17.4 Å². The smallest absolute Gasteiger partial charge is 0.220 e. The van der Waals surface area contributed by atoms with Crippen LogP contribution in [0.25, 0.3) is 5.70 Å². The summed E-state index contributed by atoms with van der Waals surface area (Å²) in [7, 11) is 1.61. The molecule has 0 N–H and O–H groups in total. The quantitative estimate of drug-likeness (QED) is 0.333. The fourth-order valence-corrected chi connectivity index (χ4v) is 4.32. The lowest BCUT2D eigenvalue weighted by Crippen LogP contribution is -2.26. The van der Waals surface area contributed by atoms with Crippen LogP contribution in [0.15, 0.2) is 54.0 Å². The van der Waals surface area contributed by atoms with E-state index < -0.39 is 0 Å². The van der Waals surface area contributed by atoms with Gasteiger partial charge in [0.05, 0.1) is 12.8 Å². The molecule has 1 saturated carbocycles. The van der Waals surface area contributed by atoms with Crippen molar-refractivity contribution in [1.82, 2.24) is 0 Å². The van der Waals surface area contributed by atoms with Crippen molar-refractivity contribution in [2.75, 3.05) is 7.11 Å². The minimum atomic E-state index is 0.0419. The van der Waals surface area contributed by atoms with E-state index in [1.54, 1.807) is 26.2 Å². The molecule has 0 bridgehead atoms. The number of hydrogen-bond donors (Lipinski definition) is 0. The first-order valence-corrected chi connectivity index (χ1v) is 10.4. The first kappa shape index (κ1) is 21.0. The normalized spacial score (nSPS) is 16.3. The van der Waals surface area contributed by atoms with Gasteiger partial charge < -0.3 is 4.74 Å². The lowest BCUT2D eigenvalue weighted by molar-refractivity contribution is 0.101. The molecule has 1 aliphatic carbocycles. The summed E-state index contributed by atoms with van der Waals surface area (Å²) in [6, 6.07) is 13.8. The summed E-state index contributed by atoms with van der Waals surface area (Å²) in [4.78, 5) is 16.2. The second kappa shape index (κ2) is 8.77. The number of benzene rings is 2. The largest absolute Gasteiger partial charge is 0.481 e. The number of rotatable bonds is 5. The van der Waals surface area contributed by atoms with Gasteiger partial charge in [0.1, 0.15) is 0 Å². The molecule has 0 aromatic heterocycles. The van der Waals surface area contributed by atoms with Crippen molar-refractivity contribution in [3.8, 4) is 0 Å². The van der Waals surface area contributed by atoms with E-state index in [9.17, 15) is 4.79 Å². The molecular formula is C26H31NO2. The summed E-state index contributed by atoms with van der Waals surface area (Å²) >= 11 is 0. The zero-order chi connectivity index (χ0) is 21.0. The average Bonchev–Trinajstić information content (AvgIpc) is 2.72. The van der Waals surface area contributed by atoms with Gasteiger partial charge in [-0.25, -0.2) is 4.99 Å². The number of methoxy groups -OCH3 is 1. The minimum absolute atomic E-state index is 0.0419. The van der Waals surface area contributed by atoms with Gasteiger partial charge in [0.15, 0.2) is 5.78 Å². The number of Topliss-reactive ketones (excluding diaryl/α,β-unsaturated/α-hetero) is 1. The van der Waals surface area contributed by atoms with Crippen molar-refractivity contribution in [3.05, 3.63) is 76.9 Å².